The van der Waals surface area contributed by atoms with Crippen LogP contribution in [0.2, 0.25) is 0 Å². The second-order valence-corrected chi connectivity index (χ2v) is 14.2. The van der Waals surface area contributed by atoms with Gasteiger partial charge in [-0.2, -0.15) is 0 Å². The van der Waals surface area contributed by atoms with Gasteiger partial charge in [0.05, 0.1) is 0 Å². The van der Waals surface area contributed by atoms with E-state index in [0.717, 1.165) is 33.4 Å². The van der Waals surface area contributed by atoms with E-state index in [4.69, 9.17) is 15.6 Å². The van der Waals surface area contributed by atoms with Gasteiger partial charge in [0.2, 0.25) is 0 Å². The van der Waals surface area contributed by atoms with Crippen LogP contribution in [0.3, 0.4) is 0 Å². The number of anilines is 2. The van der Waals surface area contributed by atoms with Gasteiger partial charge >= 0.3 is 274 Å². The van der Waals surface area contributed by atoms with E-state index in [1.165, 1.54) is 13.8 Å². The van der Waals surface area contributed by atoms with E-state index >= 15 is 0 Å². The molecule has 0 saturated carbocycles. The number of aryl methyl sites for hydroxylation is 6. The third-order valence-corrected chi connectivity index (χ3v) is 10.6. The first-order valence-electron chi connectivity index (χ1n) is 14.4. The molecule has 2 atom stereocenters. The summed E-state index contributed by atoms with van der Waals surface area (Å²) in [4.78, 5) is 50.7. The number of nitrogens with one attached hydrogen (secondary N) is 2. The Bertz CT molecular complexity index is 1460. The molecule has 0 saturated heterocycles. The normalized spacial score (nSPS) is 12.4. The number of hydrogen-bond acceptors (Lipinski definition) is 8. The van der Waals surface area contributed by atoms with E-state index in [0.29, 0.717) is 11.4 Å². The number of hydrogen-bond donors (Lipinski definition) is 2. The molecule has 2 amide bonds. The standard InChI is InChI=1S/C34H41IN2O8/c1-18-14-20(3)31(21(4)15-18)36-33(40)24(7)42-28-12-11-13-29(30(28)35(44-26(9)38)45-27(10)39)43-25(8)34(41)37-32-22(5)16-19(2)17-23(32)6/h11-17,24-25H,1-10H3,(H,36,40)(H,37,41)/t24-,25-/m1/s1. The maximum absolute atomic E-state index is 13.3. The number of amides is 2. The predicted octanol–water partition coefficient (Wildman–Crippen LogP) is 6.98. The van der Waals surface area contributed by atoms with Crippen molar-refractivity contribution in [1.29, 1.82) is 0 Å². The van der Waals surface area contributed by atoms with E-state index in [1.807, 2.05) is 65.8 Å². The van der Waals surface area contributed by atoms with Gasteiger partial charge in [-0.05, 0) is 0 Å². The summed E-state index contributed by atoms with van der Waals surface area (Å²) in [5.74, 6) is -1.93. The zero-order valence-electron chi connectivity index (χ0n) is 27.3. The third kappa shape index (κ3) is 9.43. The van der Waals surface area contributed by atoms with Crippen LogP contribution in [0.4, 0.5) is 11.4 Å². The van der Waals surface area contributed by atoms with Crippen LogP contribution < -0.4 is 20.1 Å². The van der Waals surface area contributed by atoms with Crippen LogP contribution in [0.15, 0.2) is 42.5 Å². The minimum atomic E-state index is -3.59. The SMILES string of the molecule is CC(=O)OI(OC(C)=O)c1c(O[C@H](C)C(=O)Nc2c(C)cc(C)cc2C)cccc1O[C@H](C)C(=O)Nc1c(C)cc(C)cc1C. The van der Waals surface area contributed by atoms with Crippen LogP contribution >= 0.6 is 20.6 Å². The monoisotopic (exact) mass is 732 g/mol. The molecule has 0 aromatic heterocycles. The van der Waals surface area contributed by atoms with Crippen molar-refractivity contribution in [3.8, 4) is 11.5 Å². The minimum absolute atomic E-state index is 0.123. The molecule has 0 aliphatic heterocycles. The zero-order chi connectivity index (χ0) is 33.6. The molecule has 3 aromatic rings. The summed E-state index contributed by atoms with van der Waals surface area (Å²) >= 11 is -3.59. The summed E-state index contributed by atoms with van der Waals surface area (Å²) in [6.07, 6.45) is -2.03. The molecule has 2 N–H and O–H groups in total. The van der Waals surface area contributed by atoms with Crippen LogP contribution in [-0.2, 0) is 25.3 Å². The number of benzene rings is 3. The maximum atomic E-state index is 13.3. The summed E-state index contributed by atoms with van der Waals surface area (Å²) in [7, 11) is 0. The van der Waals surface area contributed by atoms with E-state index < -0.39 is 56.6 Å². The molecule has 45 heavy (non-hydrogen) atoms. The third-order valence-electron chi connectivity index (χ3n) is 6.64. The fraction of sp³-hybridized carbons (Fsp3) is 0.353. The van der Waals surface area contributed by atoms with Gasteiger partial charge in [0.1, 0.15) is 0 Å². The number of rotatable bonds is 11. The molecular formula is C34H41IN2O8. The molecular weight excluding hydrogens is 691 g/mol. The van der Waals surface area contributed by atoms with Crippen molar-refractivity contribution >= 4 is 55.8 Å². The van der Waals surface area contributed by atoms with Crippen molar-refractivity contribution in [2.75, 3.05) is 10.6 Å². The summed E-state index contributed by atoms with van der Waals surface area (Å²) in [6, 6.07) is 12.6. The van der Waals surface area contributed by atoms with Gasteiger partial charge in [-0.15, -0.1) is 0 Å². The Kier molecular flexibility index (Phi) is 12.0. The summed E-state index contributed by atoms with van der Waals surface area (Å²) in [6.45, 7) is 17.1. The van der Waals surface area contributed by atoms with Crippen molar-refractivity contribution in [3.05, 3.63) is 79.4 Å². The molecule has 3 aromatic carbocycles. The van der Waals surface area contributed by atoms with Crippen LogP contribution in [0.25, 0.3) is 0 Å². The quantitative estimate of drug-likeness (QED) is 0.202. The van der Waals surface area contributed by atoms with Crippen LogP contribution in [-0.4, -0.2) is 36.0 Å². The number of ether oxygens (including phenoxy) is 2. The summed E-state index contributed by atoms with van der Waals surface area (Å²) in [5.41, 5.74) is 7.16. The molecule has 0 radical (unpaired) electrons. The van der Waals surface area contributed by atoms with Gasteiger partial charge in [0.15, 0.2) is 0 Å². The van der Waals surface area contributed by atoms with Gasteiger partial charge in [0, 0.05) is 0 Å². The summed E-state index contributed by atoms with van der Waals surface area (Å²) in [5, 5.41) is 5.86. The van der Waals surface area contributed by atoms with Gasteiger partial charge in [-0.25, -0.2) is 0 Å². The first-order chi connectivity index (χ1) is 21.1. The molecule has 11 heteroatoms. The van der Waals surface area contributed by atoms with Gasteiger partial charge in [-0.1, -0.05) is 0 Å². The fourth-order valence-electron chi connectivity index (χ4n) is 4.81. The van der Waals surface area contributed by atoms with Gasteiger partial charge in [-0.3, -0.25) is 0 Å². The van der Waals surface area contributed by atoms with E-state index in [2.05, 4.69) is 10.6 Å². The second-order valence-electron chi connectivity index (χ2n) is 11.0. The van der Waals surface area contributed by atoms with E-state index in [9.17, 15) is 19.2 Å². The molecule has 10 nitrogen and oxygen atoms in total. The number of halogens is 1. The molecule has 0 aliphatic carbocycles. The van der Waals surface area contributed by atoms with Crippen molar-refractivity contribution in [2.24, 2.45) is 0 Å². The van der Waals surface area contributed by atoms with Crippen molar-refractivity contribution in [2.45, 2.75) is 81.4 Å². The number of carbonyl (C=O) groups excluding carboxylic acids is 4. The first kappa shape index (κ1) is 35.4. The fourth-order valence-corrected chi connectivity index (χ4v) is 7.95. The van der Waals surface area contributed by atoms with Gasteiger partial charge < -0.3 is 0 Å². The van der Waals surface area contributed by atoms with Crippen molar-refractivity contribution in [1.82, 2.24) is 0 Å². The molecule has 0 fully saturated rings. The molecule has 0 unspecified atom stereocenters. The molecule has 0 aliphatic rings. The Labute approximate surface area is 272 Å². The predicted molar refractivity (Wildman–Crippen MR) is 181 cm³/mol. The Balaban J connectivity index is 1.96. The van der Waals surface area contributed by atoms with Crippen LogP contribution in [0, 0.1) is 45.1 Å². The molecule has 0 heterocycles. The second kappa shape index (κ2) is 15.2. The Morgan fingerprint density at radius 3 is 1.27 bits per heavy atom. The Morgan fingerprint density at radius 2 is 0.956 bits per heavy atom. The zero-order valence-corrected chi connectivity index (χ0v) is 29.5. The Hall–Kier alpha value is -4.13. The van der Waals surface area contributed by atoms with Crippen LogP contribution in [0.1, 0.15) is 61.1 Å². The van der Waals surface area contributed by atoms with Gasteiger partial charge in [0.25, 0.3) is 0 Å². The van der Waals surface area contributed by atoms with E-state index in [1.54, 1.807) is 32.0 Å². The topological polar surface area (TPSA) is 129 Å². The van der Waals surface area contributed by atoms with Crippen LogP contribution in [0.5, 0.6) is 11.5 Å². The molecule has 242 valence electrons. The number of carbonyl (C=O) groups is 4. The molecule has 0 spiro atoms. The van der Waals surface area contributed by atoms with Crippen molar-refractivity contribution in [3.63, 3.8) is 0 Å². The average molecular weight is 733 g/mol. The molecule has 0 bridgehead atoms. The first-order valence-corrected chi connectivity index (χ1v) is 17.2. The summed E-state index contributed by atoms with van der Waals surface area (Å²) < 4.78 is 23.4. The molecule has 3 rings (SSSR count). The van der Waals surface area contributed by atoms with Crippen molar-refractivity contribution < 1.29 is 34.8 Å². The average Bonchev–Trinajstić information content (AvgIpc) is 2.91. The van der Waals surface area contributed by atoms with E-state index in [-0.39, 0.29) is 15.1 Å². The Morgan fingerprint density at radius 1 is 0.622 bits per heavy atom.